The topological polar surface area (TPSA) is 35.2 Å². The molecule has 2 rings (SSSR count). The second-order valence-electron chi connectivity index (χ2n) is 4.10. The molecule has 0 spiro atoms. The lowest BCUT2D eigenvalue weighted by molar-refractivity contribution is 0.171. The fraction of sp³-hybridized carbons (Fsp3) is 0.500. The van der Waals surface area contributed by atoms with Crippen LogP contribution < -0.4 is 5.73 Å². The monoisotopic (exact) mass is 223 g/mol. The van der Waals surface area contributed by atoms with Crippen molar-refractivity contribution in [1.82, 2.24) is 0 Å². The minimum atomic E-state index is 0.751. The molecule has 1 fully saturated rings. The molecule has 1 aromatic carbocycles. The van der Waals surface area contributed by atoms with Gasteiger partial charge in [0.05, 0.1) is 12.5 Å². The molecule has 15 heavy (non-hydrogen) atoms. The zero-order valence-corrected chi connectivity index (χ0v) is 9.85. The van der Waals surface area contributed by atoms with Crippen LogP contribution in [-0.2, 0) is 4.74 Å². The quantitative estimate of drug-likeness (QED) is 0.360. The summed E-state index contributed by atoms with van der Waals surface area (Å²) in [7, 11) is 0. The number of aryl methyl sites for hydroxylation is 1. The maximum absolute atomic E-state index is 5.69. The molecule has 0 bridgehead atoms. The maximum atomic E-state index is 5.69. The molecular weight excluding hydrogens is 206 g/mol. The first-order valence-corrected chi connectivity index (χ1v) is 6.31. The Balaban J connectivity index is 1.76. The normalized spacial score (nSPS) is 15.5. The van der Waals surface area contributed by atoms with E-state index in [0.29, 0.717) is 0 Å². The zero-order chi connectivity index (χ0) is 10.7. The molecule has 0 aliphatic heterocycles. The van der Waals surface area contributed by atoms with Gasteiger partial charge in [0, 0.05) is 10.6 Å². The van der Waals surface area contributed by atoms with Crippen LogP contribution in [0.25, 0.3) is 0 Å². The van der Waals surface area contributed by atoms with E-state index in [1.165, 1.54) is 23.3 Å². The van der Waals surface area contributed by atoms with Gasteiger partial charge in [-0.1, -0.05) is 11.8 Å². The molecule has 1 aliphatic carbocycles. The first kappa shape index (κ1) is 10.8. The highest BCUT2D eigenvalue weighted by Gasteiger charge is 2.20. The Labute approximate surface area is 95.2 Å². The molecule has 82 valence electrons. The van der Waals surface area contributed by atoms with Crippen LogP contribution >= 0.6 is 11.8 Å². The number of rotatable bonds is 5. The number of nitrogens with two attached hydrogens (primary N) is 1. The van der Waals surface area contributed by atoms with Crippen LogP contribution in [0, 0.1) is 12.8 Å². The van der Waals surface area contributed by atoms with Gasteiger partial charge in [0.2, 0.25) is 0 Å². The molecule has 1 saturated carbocycles. The van der Waals surface area contributed by atoms with Crippen LogP contribution in [0.15, 0.2) is 23.1 Å². The summed E-state index contributed by atoms with van der Waals surface area (Å²) in [5.41, 5.74) is 7.75. The van der Waals surface area contributed by atoms with Gasteiger partial charge in [-0.3, -0.25) is 0 Å². The number of anilines is 1. The summed E-state index contributed by atoms with van der Waals surface area (Å²) in [6, 6.07) is 6.01. The van der Waals surface area contributed by atoms with E-state index < -0.39 is 0 Å². The number of benzene rings is 1. The first-order valence-electron chi connectivity index (χ1n) is 5.32. The average molecular weight is 223 g/mol. The van der Waals surface area contributed by atoms with Gasteiger partial charge in [-0.15, -0.1) is 0 Å². The minimum absolute atomic E-state index is 0.751. The van der Waals surface area contributed by atoms with E-state index in [1.54, 1.807) is 11.8 Å². The van der Waals surface area contributed by atoms with Gasteiger partial charge < -0.3 is 10.5 Å². The summed E-state index contributed by atoms with van der Waals surface area (Å²) in [4.78, 5) is 1.26. The molecule has 1 aliphatic rings. The maximum Gasteiger partial charge on any atom is 0.0967 e. The third-order valence-electron chi connectivity index (χ3n) is 2.55. The van der Waals surface area contributed by atoms with Crippen LogP contribution in [0.4, 0.5) is 5.69 Å². The number of ether oxygens (including phenoxy) is 1. The minimum Gasteiger partial charge on any atom is -0.399 e. The smallest absolute Gasteiger partial charge is 0.0967 e. The van der Waals surface area contributed by atoms with Crippen molar-refractivity contribution < 1.29 is 4.74 Å². The molecule has 1 aromatic rings. The Morgan fingerprint density at radius 2 is 2.27 bits per heavy atom. The number of hydrogen-bond donors (Lipinski definition) is 1. The number of nitrogen functional groups attached to an aromatic ring is 1. The summed E-state index contributed by atoms with van der Waals surface area (Å²) < 4.78 is 5.58. The van der Waals surface area contributed by atoms with Crippen molar-refractivity contribution in [1.29, 1.82) is 0 Å². The van der Waals surface area contributed by atoms with Gasteiger partial charge in [-0.05, 0) is 49.4 Å². The summed E-state index contributed by atoms with van der Waals surface area (Å²) in [6.45, 7) is 3.01. The molecule has 0 atom stereocenters. The number of thioether (sulfide) groups is 1. The van der Waals surface area contributed by atoms with Crippen molar-refractivity contribution in [3.05, 3.63) is 23.8 Å². The van der Waals surface area contributed by atoms with Gasteiger partial charge in [0.1, 0.15) is 0 Å². The highest BCUT2D eigenvalue weighted by atomic mass is 32.2. The molecule has 3 heteroatoms. The SMILES string of the molecule is Cc1cc(N)ccc1SCOCC1CC1. The average Bonchev–Trinajstić information content (AvgIpc) is 2.99. The van der Waals surface area contributed by atoms with Crippen molar-refractivity contribution >= 4 is 17.4 Å². The van der Waals surface area contributed by atoms with Crippen molar-refractivity contribution in [3.8, 4) is 0 Å². The number of hydrogen-bond acceptors (Lipinski definition) is 3. The van der Waals surface area contributed by atoms with Gasteiger partial charge in [-0.25, -0.2) is 0 Å². The Kier molecular flexibility index (Phi) is 3.54. The van der Waals surface area contributed by atoms with Crippen LogP contribution in [0.3, 0.4) is 0 Å². The fourth-order valence-corrected chi connectivity index (χ4v) is 2.20. The molecular formula is C12H17NOS. The van der Waals surface area contributed by atoms with Gasteiger partial charge in [0.25, 0.3) is 0 Å². The molecule has 0 amide bonds. The first-order chi connectivity index (χ1) is 7.25. The second-order valence-corrected chi connectivity index (χ2v) is 5.07. The van der Waals surface area contributed by atoms with E-state index in [1.807, 2.05) is 12.1 Å². The lowest BCUT2D eigenvalue weighted by Gasteiger charge is -2.06. The van der Waals surface area contributed by atoms with Crippen LogP contribution in [0.2, 0.25) is 0 Å². The molecule has 0 aromatic heterocycles. The molecule has 0 heterocycles. The third kappa shape index (κ3) is 3.43. The zero-order valence-electron chi connectivity index (χ0n) is 9.03. The Hall–Kier alpha value is -0.670. The van der Waals surface area contributed by atoms with Crippen LogP contribution in [0.5, 0.6) is 0 Å². The largest absolute Gasteiger partial charge is 0.399 e. The van der Waals surface area contributed by atoms with E-state index in [2.05, 4.69) is 13.0 Å². The second kappa shape index (κ2) is 4.90. The highest BCUT2D eigenvalue weighted by Crippen LogP contribution is 2.30. The van der Waals surface area contributed by atoms with Gasteiger partial charge in [-0.2, -0.15) is 0 Å². The molecule has 0 radical (unpaired) electrons. The molecule has 0 unspecified atom stereocenters. The van der Waals surface area contributed by atoms with Crippen molar-refractivity contribution in [2.24, 2.45) is 5.92 Å². The predicted molar refractivity (Wildman–Crippen MR) is 65.0 cm³/mol. The lowest BCUT2D eigenvalue weighted by Crippen LogP contribution is -1.95. The van der Waals surface area contributed by atoms with Crippen molar-refractivity contribution in [2.75, 3.05) is 18.3 Å². The van der Waals surface area contributed by atoms with E-state index in [-0.39, 0.29) is 0 Å². The summed E-state index contributed by atoms with van der Waals surface area (Å²) in [5.74, 6) is 1.60. The summed E-state index contributed by atoms with van der Waals surface area (Å²) in [5, 5.41) is 0. The van der Waals surface area contributed by atoms with E-state index in [9.17, 15) is 0 Å². The Morgan fingerprint density at radius 3 is 2.93 bits per heavy atom. The highest BCUT2D eigenvalue weighted by molar-refractivity contribution is 7.99. The van der Waals surface area contributed by atoms with Gasteiger partial charge >= 0.3 is 0 Å². The Bertz CT molecular complexity index is 336. The fourth-order valence-electron chi connectivity index (χ4n) is 1.44. The van der Waals surface area contributed by atoms with Crippen molar-refractivity contribution in [2.45, 2.75) is 24.7 Å². The summed E-state index contributed by atoms with van der Waals surface area (Å²) in [6.07, 6.45) is 2.71. The Morgan fingerprint density at radius 1 is 1.47 bits per heavy atom. The molecule has 0 saturated heterocycles. The summed E-state index contributed by atoms with van der Waals surface area (Å²) >= 11 is 1.75. The standard InChI is InChI=1S/C12H17NOS/c1-9-6-11(13)4-5-12(9)15-8-14-7-10-2-3-10/h4-6,10H,2-3,7-8,13H2,1H3. The van der Waals surface area contributed by atoms with Crippen molar-refractivity contribution in [3.63, 3.8) is 0 Å². The lowest BCUT2D eigenvalue weighted by atomic mass is 10.2. The molecule has 2 N–H and O–H groups in total. The van der Waals surface area contributed by atoms with Crippen LogP contribution in [0.1, 0.15) is 18.4 Å². The van der Waals surface area contributed by atoms with E-state index >= 15 is 0 Å². The van der Waals surface area contributed by atoms with E-state index in [0.717, 1.165) is 24.2 Å². The third-order valence-corrected chi connectivity index (χ3v) is 3.60. The molecule has 2 nitrogen and oxygen atoms in total. The van der Waals surface area contributed by atoms with E-state index in [4.69, 9.17) is 10.5 Å². The predicted octanol–water partition coefficient (Wildman–Crippen LogP) is 3.05. The van der Waals surface area contributed by atoms with Gasteiger partial charge in [0.15, 0.2) is 0 Å². The van der Waals surface area contributed by atoms with Crippen LogP contribution in [-0.4, -0.2) is 12.5 Å².